The molecule has 0 aliphatic heterocycles. The van der Waals surface area contributed by atoms with Crippen LogP contribution in [-0.2, 0) is 10.0 Å². The van der Waals surface area contributed by atoms with E-state index in [9.17, 15) is 17.6 Å². The maximum atomic E-state index is 13.9. The highest BCUT2D eigenvalue weighted by Gasteiger charge is 2.43. The standard InChI is InChI=1S/C27H25FN4O3S/c1-17-14-23(25(30-16-17)31-22-6-4-21(28)5-7-22)20-8-11-27(3,18(2)15-20)36(34,35)32-13-10-19-9-12-29-26(33)24(19)32/h4-10,12-16H,11H2,1-3H3,(H,29,33)(H,30,31). The number of allylic oxidation sites excluding steroid dienone is 3. The number of benzene rings is 1. The van der Waals surface area contributed by atoms with Gasteiger partial charge in [-0.3, -0.25) is 4.79 Å². The van der Waals surface area contributed by atoms with E-state index in [4.69, 9.17) is 0 Å². The second-order valence-corrected chi connectivity index (χ2v) is 11.4. The Labute approximate surface area is 208 Å². The highest BCUT2D eigenvalue weighted by molar-refractivity contribution is 7.91. The molecule has 0 amide bonds. The second-order valence-electron chi connectivity index (χ2n) is 9.19. The summed E-state index contributed by atoms with van der Waals surface area (Å²) in [6, 6.07) is 11.3. The Morgan fingerprint density at radius 1 is 1.14 bits per heavy atom. The van der Waals surface area contributed by atoms with Crippen LogP contribution in [-0.4, -0.2) is 27.1 Å². The predicted molar refractivity (Wildman–Crippen MR) is 140 cm³/mol. The lowest BCUT2D eigenvalue weighted by Gasteiger charge is -2.33. The number of nitrogens with one attached hydrogen (secondary N) is 2. The zero-order chi connectivity index (χ0) is 25.7. The van der Waals surface area contributed by atoms with Crippen LogP contribution in [0.25, 0.3) is 16.5 Å². The summed E-state index contributed by atoms with van der Waals surface area (Å²) in [5.74, 6) is 0.251. The van der Waals surface area contributed by atoms with Crippen molar-refractivity contribution in [2.24, 2.45) is 0 Å². The highest BCUT2D eigenvalue weighted by Crippen LogP contribution is 2.40. The van der Waals surface area contributed by atoms with Crippen molar-refractivity contribution >= 4 is 38.0 Å². The number of pyridine rings is 2. The summed E-state index contributed by atoms with van der Waals surface area (Å²) in [5.41, 5.74) is 3.56. The lowest BCUT2D eigenvalue weighted by Crippen LogP contribution is -2.41. The Morgan fingerprint density at radius 3 is 2.61 bits per heavy atom. The minimum Gasteiger partial charge on any atom is -0.340 e. The Morgan fingerprint density at radius 2 is 1.89 bits per heavy atom. The van der Waals surface area contributed by atoms with Crippen molar-refractivity contribution in [1.82, 2.24) is 13.9 Å². The zero-order valence-electron chi connectivity index (χ0n) is 20.0. The van der Waals surface area contributed by atoms with Crippen molar-refractivity contribution in [3.8, 4) is 0 Å². The number of H-pyrrole nitrogens is 1. The number of fused-ring (bicyclic) bond motifs is 1. The van der Waals surface area contributed by atoms with Gasteiger partial charge in [-0.25, -0.2) is 21.8 Å². The molecular formula is C27H25FN4O3S. The van der Waals surface area contributed by atoms with Gasteiger partial charge in [0.2, 0.25) is 10.0 Å². The number of aryl methyl sites for hydroxylation is 1. The van der Waals surface area contributed by atoms with Crippen molar-refractivity contribution < 1.29 is 12.8 Å². The SMILES string of the molecule is CC1=CC(c2cc(C)cnc2Nc2ccc(F)cc2)=CCC1(C)S(=O)(=O)n1ccc2cc[nH]c(=O)c21. The van der Waals surface area contributed by atoms with Crippen molar-refractivity contribution in [3.63, 3.8) is 0 Å². The van der Waals surface area contributed by atoms with E-state index in [1.165, 1.54) is 24.5 Å². The maximum Gasteiger partial charge on any atom is 0.273 e. The smallest absolute Gasteiger partial charge is 0.273 e. The Bertz CT molecular complexity index is 1720. The minimum atomic E-state index is -3.98. The molecule has 1 unspecified atom stereocenters. The summed E-state index contributed by atoms with van der Waals surface area (Å²) in [4.78, 5) is 19.5. The Hall–Kier alpha value is -3.98. The molecule has 1 aliphatic rings. The van der Waals surface area contributed by atoms with Crippen molar-refractivity contribution in [3.05, 3.63) is 106 Å². The highest BCUT2D eigenvalue weighted by atomic mass is 32.2. The number of nitrogens with zero attached hydrogens (tertiary/aromatic N) is 2. The van der Waals surface area contributed by atoms with E-state index in [0.717, 1.165) is 20.7 Å². The van der Waals surface area contributed by atoms with Gasteiger partial charge in [-0.15, -0.1) is 0 Å². The molecule has 0 fully saturated rings. The molecule has 2 N–H and O–H groups in total. The molecule has 1 aliphatic carbocycles. The number of aromatic amines is 1. The van der Waals surface area contributed by atoms with Gasteiger partial charge >= 0.3 is 0 Å². The number of halogens is 1. The van der Waals surface area contributed by atoms with E-state index in [0.29, 0.717) is 22.5 Å². The van der Waals surface area contributed by atoms with Crippen LogP contribution in [0.1, 0.15) is 31.4 Å². The lowest BCUT2D eigenvalue weighted by molar-refractivity contribution is 0.547. The van der Waals surface area contributed by atoms with Crippen molar-refractivity contribution in [1.29, 1.82) is 0 Å². The quantitative estimate of drug-likeness (QED) is 0.385. The van der Waals surface area contributed by atoms with Gasteiger partial charge in [0.15, 0.2) is 0 Å². The van der Waals surface area contributed by atoms with Crippen molar-refractivity contribution in [2.75, 3.05) is 5.32 Å². The average Bonchev–Trinajstić information content (AvgIpc) is 3.30. The predicted octanol–water partition coefficient (Wildman–Crippen LogP) is 5.29. The zero-order valence-corrected chi connectivity index (χ0v) is 20.9. The van der Waals surface area contributed by atoms with Crippen LogP contribution in [0.4, 0.5) is 15.9 Å². The van der Waals surface area contributed by atoms with E-state index in [1.54, 1.807) is 44.3 Å². The van der Waals surface area contributed by atoms with Crippen LogP contribution in [0.2, 0.25) is 0 Å². The molecule has 36 heavy (non-hydrogen) atoms. The van der Waals surface area contributed by atoms with Crippen LogP contribution in [0.3, 0.4) is 0 Å². The average molecular weight is 505 g/mol. The Balaban J connectivity index is 1.53. The van der Waals surface area contributed by atoms with E-state index >= 15 is 0 Å². The molecule has 0 saturated carbocycles. The molecule has 3 heterocycles. The number of hydrogen-bond acceptors (Lipinski definition) is 5. The van der Waals surface area contributed by atoms with Crippen LogP contribution in [0, 0.1) is 12.7 Å². The third-order valence-corrected chi connectivity index (χ3v) is 9.21. The summed E-state index contributed by atoms with van der Waals surface area (Å²) in [7, 11) is -3.98. The minimum absolute atomic E-state index is 0.106. The van der Waals surface area contributed by atoms with Gasteiger partial charge in [-0.2, -0.15) is 0 Å². The summed E-state index contributed by atoms with van der Waals surface area (Å²) in [6.07, 6.45) is 8.61. The number of rotatable bonds is 5. The fourth-order valence-electron chi connectivity index (χ4n) is 4.45. The third-order valence-electron chi connectivity index (χ3n) is 6.76. The molecule has 0 bridgehead atoms. The van der Waals surface area contributed by atoms with E-state index in [-0.39, 0.29) is 17.8 Å². The molecule has 9 heteroatoms. The first-order chi connectivity index (χ1) is 17.1. The maximum absolute atomic E-state index is 13.9. The Kier molecular flexibility index (Phi) is 5.67. The van der Waals surface area contributed by atoms with E-state index < -0.39 is 20.3 Å². The fourth-order valence-corrected chi connectivity index (χ4v) is 6.30. The molecule has 0 saturated heterocycles. The van der Waals surface area contributed by atoms with Gasteiger partial charge in [-0.1, -0.05) is 12.2 Å². The molecule has 1 atom stereocenters. The first-order valence-electron chi connectivity index (χ1n) is 11.4. The van der Waals surface area contributed by atoms with Gasteiger partial charge in [0, 0.05) is 35.2 Å². The van der Waals surface area contributed by atoms with E-state index in [2.05, 4.69) is 15.3 Å². The summed E-state index contributed by atoms with van der Waals surface area (Å²) >= 11 is 0. The first kappa shape index (κ1) is 23.7. The van der Waals surface area contributed by atoms with Gasteiger partial charge in [0.1, 0.15) is 21.9 Å². The first-order valence-corrected chi connectivity index (χ1v) is 12.9. The van der Waals surface area contributed by atoms with Crippen LogP contribution < -0.4 is 10.9 Å². The fraction of sp³-hybridized carbons (Fsp3) is 0.185. The molecule has 184 valence electrons. The number of anilines is 2. The molecule has 7 nitrogen and oxygen atoms in total. The second kappa shape index (κ2) is 8.60. The number of hydrogen-bond donors (Lipinski definition) is 2. The molecule has 3 aromatic heterocycles. The summed E-state index contributed by atoms with van der Waals surface area (Å²) in [5, 5.41) is 3.79. The van der Waals surface area contributed by atoms with Gasteiger partial charge in [0.05, 0.1) is 0 Å². The molecule has 5 rings (SSSR count). The topological polar surface area (TPSA) is 96.8 Å². The summed E-state index contributed by atoms with van der Waals surface area (Å²) < 4.78 is 40.9. The molecule has 1 aromatic carbocycles. The van der Waals surface area contributed by atoms with Gasteiger partial charge < -0.3 is 10.3 Å². The molecular weight excluding hydrogens is 479 g/mol. The van der Waals surface area contributed by atoms with Crippen LogP contribution >= 0.6 is 0 Å². The van der Waals surface area contributed by atoms with Crippen LogP contribution in [0.5, 0.6) is 0 Å². The largest absolute Gasteiger partial charge is 0.340 e. The normalized spacial score (nSPS) is 18.1. The van der Waals surface area contributed by atoms with Crippen molar-refractivity contribution in [2.45, 2.75) is 31.9 Å². The molecule has 0 spiro atoms. The molecule has 0 radical (unpaired) electrons. The van der Waals surface area contributed by atoms with Gasteiger partial charge in [0.25, 0.3) is 5.56 Å². The monoisotopic (exact) mass is 504 g/mol. The van der Waals surface area contributed by atoms with Gasteiger partial charge in [-0.05, 0) is 86.4 Å². The lowest BCUT2D eigenvalue weighted by atomic mass is 9.87. The number of aromatic nitrogens is 3. The van der Waals surface area contributed by atoms with E-state index in [1.807, 2.05) is 25.1 Å². The third kappa shape index (κ3) is 3.85. The van der Waals surface area contributed by atoms with Crippen LogP contribution in [0.15, 0.2) is 83.6 Å². The molecule has 4 aromatic rings. The summed E-state index contributed by atoms with van der Waals surface area (Å²) in [6.45, 7) is 5.40.